The van der Waals surface area contributed by atoms with E-state index in [0.29, 0.717) is 12.5 Å². The molecule has 1 aromatic carbocycles. The fraction of sp³-hybridized carbons (Fsp3) is 0.588. The summed E-state index contributed by atoms with van der Waals surface area (Å²) in [5.74, 6) is 1.01. The van der Waals surface area contributed by atoms with Crippen LogP contribution in [0, 0.1) is 0 Å². The first kappa shape index (κ1) is 19.1. The summed E-state index contributed by atoms with van der Waals surface area (Å²) in [7, 11) is -2.95. The Morgan fingerprint density at radius 1 is 1.21 bits per heavy atom. The predicted octanol–water partition coefficient (Wildman–Crippen LogP) is 2.30. The van der Waals surface area contributed by atoms with E-state index in [-0.39, 0.29) is 16.3 Å². The Morgan fingerprint density at radius 2 is 1.92 bits per heavy atom. The van der Waals surface area contributed by atoms with Gasteiger partial charge in [-0.2, -0.15) is 0 Å². The molecule has 0 heterocycles. The van der Waals surface area contributed by atoms with Crippen LogP contribution in [0.5, 0.6) is 0 Å². The van der Waals surface area contributed by atoms with E-state index in [1.807, 2.05) is 24.8 Å². The minimum Gasteiger partial charge on any atom is -0.357 e. The number of hydrogen-bond donors (Lipinski definition) is 2. The Hall–Kier alpha value is -1.21. The van der Waals surface area contributed by atoms with Crippen LogP contribution in [0.2, 0.25) is 0 Å². The van der Waals surface area contributed by atoms with Crippen LogP contribution in [0.3, 0.4) is 0 Å². The largest absolute Gasteiger partial charge is 0.357 e. The molecule has 0 atom stereocenters. The molecular weight excluding hydrogens is 342 g/mol. The Balaban J connectivity index is 1.88. The number of hydrogen-bond acceptors (Lipinski definition) is 4. The monoisotopic (exact) mass is 369 g/mol. The zero-order valence-electron chi connectivity index (χ0n) is 14.4. The molecule has 0 unspecified atom stereocenters. The summed E-state index contributed by atoms with van der Waals surface area (Å²) in [5, 5.41) is 6.31. The fourth-order valence-electron chi connectivity index (χ4n) is 2.20. The summed E-state index contributed by atoms with van der Waals surface area (Å²) in [6.45, 7) is 5.56. The first-order chi connectivity index (χ1) is 11.5. The summed E-state index contributed by atoms with van der Waals surface area (Å²) < 4.78 is 23.3. The highest BCUT2D eigenvalue weighted by atomic mass is 32.2. The van der Waals surface area contributed by atoms with Gasteiger partial charge in [-0.25, -0.2) is 8.42 Å². The molecule has 0 saturated heterocycles. The fourth-order valence-corrected chi connectivity index (χ4v) is 4.13. The zero-order valence-corrected chi connectivity index (χ0v) is 16.0. The topological polar surface area (TPSA) is 70.6 Å². The van der Waals surface area contributed by atoms with Crippen molar-refractivity contribution in [3.63, 3.8) is 0 Å². The molecule has 2 rings (SSSR count). The van der Waals surface area contributed by atoms with E-state index in [9.17, 15) is 8.42 Å². The lowest BCUT2D eigenvalue weighted by molar-refractivity contribution is 0.595. The van der Waals surface area contributed by atoms with Crippen LogP contribution in [0.25, 0.3) is 0 Å². The Kier molecular flexibility index (Phi) is 6.98. The second-order valence-corrected chi connectivity index (χ2v) is 9.97. The molecule has 0 spiro atoms. The smallest absolute Gasteiger partial charge is 0.191 e. The van der Waals surface area contributed by atoms with Crippen molar-refractivity contribution in [2.75, 3.05) is 31.1 Å². The van der Waals surface area contributed by atoms with Gasteiger partial charge in [0.1, 0.15) is 0 Å². The highest BCUT2D eigenvalue weighted by Gasteiger charge is 2.43. The van der Waals surface area contributed by atoms with Crippen LogP contribution in [0.15, 0.2) is 40.2 Å². The number of guanidine groups is 1. The van der Waals surface area contributed by atoms with Crippen molar-refractivity contribution >= 4 is 27.6 Å². The van der Waals surface area contributed by atoms with Gasteiger partial charge in [-0.05, 0) is 31.9 Å². The number of rotatable bonds is 9. The SMILES string of the molecule is CCNC(=NCC1(Sc2ccccc2)CC1)NCCS(=O)(=O)CC. The molecule has 0 aromatic heterocycles. The van der Waals surface area contributed by atoms with Crippen LogP contribution in [-0.4, -0.2) is 50.3 Å². The van der Waals surface area contributed by atoms with Crippen molar-refractivity contribution in [3.05, 3.63) is 30.3 Å². The summed E-state index contributed by atoms with van der Waals surface area (Å²) in [4.78, 5) is 5.94. The van der Waals surface area contributed by atoms with Gasteiger partial charge in [0.25, 0.3) is 0 Å². The third-order valence-corrected chi connectivity index (χ3v) is 7.08. The van der Waals surface area contributed by atoms with E-state index >= 15 is 0 Å². The Bertz CT molecular complexity index is 641. The van der Waals surface area contributed by atoms with E-state index in [4.69, 9.17) is 0 Å². The van der Waals surface area contributed by atoms with Crippen molar-refractivity contribution in [1.82, 2.24) is 10.6 Å². The molecule has 7 heteroatoms. The highest BCUT2D eigenvalue weighted by molar-refractivity contribution is 8.01. The average Bonchev–Trinajstić information content (AvgIpc) is 3.33. The molecule has 2 N–H and O–H groups in total. The van der Waals surface area contributed by atoms with Gasteiger partial charge in [0.15, 0.2) is 15.8 Å². The van der Waals surface area contributed by atoms with Gasteiger partial charge >= 0.3 is 0 Å². The number of thioether (sulfide) groups is 1. The number of nitrogens with one attached hydrogen (secondary N) is 2. The maximum absolute atomic E-state index is 11.6. The number of aliphatic imine (C=N–C) groups is 1. The van der Waals surface area contributed by atoms with Crippen molar-refractivity contribution in [1.29, 1.82) is 0 Å². The normalized spacial score (nSPS) is 16.7. The summed E-state index contributed by atoms with van der Waals surface area (Å²) >= 11 is 1.89. The lowest BCUT2D eigenvalue weighted by atomic mass is 10.4. The van der Waals surface area contributed by atoms with Gasteiger partial charge in [-0.1, -0.05) is 25.1 Å². The van der Waals surface area contributed by atoms with Crippen LogP contribution in [-0.2, 0) is 9.84 Å². The van der Waals surface area contributed by atoms with Crippen LogP contribution in [0.1, 0.15) is 26.7 Å². The van der Waals surface area contributed by atoms with E-state index in [1.54, 1.807) is 6.92 Å². The molecular formula is C17H27N3O2S2. The molecule has 1 aliphatic carbocycles. The third-order valence-electron chi connectivity index (χ3n) is 3.90. The first-order valence-electron chi connectivity index (χ1n) is 8.45. The molecule has 134 valence electrons. The van der Waals surface area contributed by atoms with E-state index in [1.165, 1.54) is 17.7 Å². The standard InChI is InChI=1S/C17H27N3O2S2/c1-3-18-16(19-12-13-24(21,22)4-2)20-14-17(10-11-17)23-15-8-6-5-7-9-15/h5-9H,3-4,10-14H2,1-2H3,(H2,18,19,20). The second-order valence-electron chi connectivity index (χ2n) is 5.96. The third kappa shape index (κ3) is 6.36. The van der Waals surface area contributed by atoms with Crippen LogP contribution in [0.4, 0.5) is 0 Å². The van der Waals surface area contributed by atoms with Crippen LogP contribution >= 0.6 is 11.8 Å². The van der Waals surface area contributed by atoms with Crippen LogP contribution < -0.4 is 10.6 Å². The second kappa shape index (κ2) is 8.76. The van der Waals surface area contributed by atoms with E-state index in [2.05, 4.69) is 39.9 Å². The van der Waals surface area contributed by atoms with Gasteiger partial charge in [0, 0.05) is 28.5 Å². The van der Waals surface area contributed by atoms with E-state index < -0.39 is 9.84 Å². The van der Waals surface area contributed by atoms with Gasteiger partial charge in [0.05, 0.1) is 12.3 Å². The minimum absolute atomic E-state index is 0.137. The summed E-state index contributed by atoms with van der Waals surface area (Å²) in [6.07, 6.45) is 2.33. The molecule has 5 nitrogen and oxygen atoms in total. The number of benzene rings is 1. The average molecular weight is 370 g/mol. The lowest BCUT2D eigenvalue weighted by Gasteiger charge is -2.15. The Labute approximate surface area is 149 Å². The van der Waals surface area contributed by atoms with Gasteiger partial charge in [-0.15, -0.1) is 11.8 Å². The zero-order chi connectivity index (χ0) is 17.5. The van der Waals surface area contributed by atoms with Crippen molar-refractivity contribution in [2.45, 2.75) is 36.3 Å². The molecule has 0 amide bonds. The molecule has 0 radical (unpaired) electrons. The molecule has 1 fully saturated rings. The van der Waals surface area contributed by atoms with Crippen molar-refractivity contribution in [2.24, 2.45) is 4.99 Å². The predicted molar refractivity (Wildman–Crippen MR) is 103 cm³/mol. The summed E-state index contributed by atoms with van der Waals surface area (Å²) in [6, 6.07) is 10.4. The molecule has 1 aliphatic rings. The maximum atomic E-state index is 11.6. The number of nitrogens with zero attached hydrogens (tertiary/aromatic N) is 1. The summed E-state index contributed by atoms with van der Waals surface area (Å²) in [5.41, 5.74) is 0. The van der Waals surface area contributed by atoms with Crippen molar-refractivity contribution in [3.8, 4) is 0 Å². The minimum atomic E-state index is -2.95. The van der Waals surface area contributed by atoms with Gasteiger partial charge in [0.2, 0.25) is 0 Å². The molecule has 0 bridgehead atoms. The molecule has 24 heavy (non-hydrogen) atoms. The quantitative estimate of drug-likeness (QED) is 0.516. The number of sulfone groups is 1. The van der Waals surface area contributed by atoms with Crippen molar-refractivity contribution < 1.29 is 8.42 Å². The Morgan fingerprint density at radius 3 is 2.50 bits per heavy atom. The van der Waals surface area contributed by atoms with Gasteiger partial charge in [-0.3, -0.25) is 4.99 Å². The molecule has 1 saturated carbocycles. The molecule has 1 aromatic rings. The maximum Gasteiger partial charge on any atom is 0.191 e. The van der Waals surface area contributed by atoms with Gasteiger partial charge < -0.3 is 10.6 Å². The highest BCUT2D eigenvalue weighted by Crippen LogP contribution is 2.51. The first-order valence-corrected chi connectivity index (χ1v) is 11.1. The molecule has 0 aliphatic heterocycles. The van der Waals surface area contributed by atoms with E-state index in [0.717, 1.165) is 13.1 Å². The lowest BCUT2D eigenvalue weighted by Crippen LogP contribution is -2.40.